The molecule has 1 atom stereocenters. The van der Waals surface area contributed by atoms with E-state index in [-0.39, 0.29) is 6.10 Å². The fraction of sp³-hybridized carbons (Fsp3) is 0.455. The van der Waals surface area contributed by atoms with Crippen LogP contribution in [-0.4, -0.2) is 32.4 Å². The standard InChI is InChI=1S/C11H17NO3S/c1-9(13)7-12-8-10-3-5-11(6-4-10)16(2,14)15/h3-6,9,12-13H,7-8H2,1-2H3/t9-/m1/s1. The highest BCUT2D eigenvalue weighted by atomic mass is 32.2. The van der Waals surface area contributed by atoms with Crippen molar-refractivity contribution >= 4 is 9.84 Å². The largest absolute Gasteiger partial charge is 0.392 e. The molecule has 0 bridgehead atoms. The van der Waals surface area contributed by atoms with Crippen LogP contribution in [0.1, 0.15) is 12.5 Å². The Hall–Kier alpha value is -0.910. The molecule has 0 heterocycles. The lowest BCUT2D eigenvalue weighted by Crippen LogP contribution is -2.23. The van der Waals surface area contributed by atoms with Crippen molar-refractivity contribution in [3.63, 3.8) is 0 Å². The molecule has 1 aromatic carbocycles. The molecule has 2 N–H and O–H groups in total. The second-order valence-corrected chi connectivity index (χ2v) is 5.91. The summed E-state index contributed by atoms with van der Waals surface area (Å²) in [6, 6.07) is 6.72. The lowest BCUT2D eigenvalue weighted by atomic mass is 10.2. The molecule has 0 aliphatic heterocycles. The fourth-order valence-electron chi connectivity index (χ4n) is 1.28. The van der Waals surface area contributed by atoms with Gasteiger partial charge < -0.3 is 10.4 Å². The SMILES string of the molecule is C[C@@H](O)CNCc1ccc(S(C)(=O)=O)cc1. The van der Waals surface area contributed by atoms with Crippen LogP contribution in [0.3, 0.4) is 0 Å². The Morgan fingerprint density at radius 1 is 1.31 bits per heavy atom. The topological polar surface area (TPSA) is 66.4 Å². The minimum atomic E-state index is -3.11. The lowest BCUT2D eigenvalue weighted by Gasteiger charge is -2.07. The molecule has 0 unspecified atom stereocenters. The average Bonchev–Trinajstić information content (AvgIpc) is 2.16. The first-order valence-corrected chi connectivity index (χ1v) is 6.96. The summed E-state index contributed by atoms with van der Waals surface area (Å²) in [5.41, 5.74) is 0.994. The molecule has 0 saturated heterocycles. The van der Waals surface area contributed by atoms with Crippen molar-refractivity contribution < 1.29 is 13.5 Å². The summed E-state index contributed by atoms with van der Waals surface area (Å²) in [7, 11) is -3.11. The molecule has 1 rings (SSSR count). The van der Waals surface area contributed by atoms with Crippen molar-refractivity contribution in [1.82, 2.24) is 5.32 Å². The van der Waals surface area contributed by atoms with Crippen LogP contribution in [-0.2, 0) is 16.4 Å². The first-order chi connectivity index (χ1) is 7.39. The second-order valence-electron chi connectivity index (χ2n) is 3.90. The van der Waals surface area contributed by atoms with Gasteiger partial charge >= 0.3 is 0 Å². The van der Waals surface area contributed by atoms with Crippen LogP contribution in [0.25, 0.3) is 0 Å². The van der Waals surface area contributed by atoms with E-state index in [2.05, 4.69) is 5.32 Å². The van der Waals surface area contributed by atoms with E-state index in [0.717, 1.165) is 5.56 Å². The van der Waals surface area contributed by atoms with Gasteiger partial charge in [0.15, 0.2) is 9.84 Å². The monoisotopic (exact) mass is 243 g/mol. The highest BCUT2D eigenvalue weighted by molar-refractivity contribution is 7.90. The van der Waals surface area contributed by atoms with Crippen molar-refractivity contribution in [2.45, 2.75) is 24.5 Å². The third-order valence-electron chi connectivity index (χ3n) is 2.12. The van der Waals surface area contributed by atoms with Crippen LogP contribution >= 0.6 is 0 Å². The van der Waals surface area contributed by atoms with Gasteiger partial charge in [-0.2, -0.15) is 0 Å². The Labute approximate surface area is 96.2 Å². The van der Waals surface area contributed by atoms with E-state index >= 15 is 0 Å². The normalized spacial score (nSPS) is 13.7. The molecule has 0 radical (unpaired) electrons. The molecule has 0 aliphatic carbocycles. The first-order valence-electron chi connectivity index (χ1n) is 5.07. The molecule has 16 heavy (non-hydrogen) atoms. The summed E-state index contributed by atoms with van der Waals surface area (Å²) in [5, 5.41) is 12.1. The van der Waals surface area contributed by atoms with Crippen LogP contribution in [0.4, 0.5) is 0 Å². The predicted molar refractivity (Wildman–Crippen MR) is 62.9 cm³/mol. The summed E-state index contributed by atoms with van der Waals surface area (Å²) in [4.78, 5) is 0.326. The minimum absolute atomic E-state index is 0.326. The highest BCUT2D eigenvalue weighted by Crippen LogP contribution is 2.09. The molecular weight excluding hydrogens is 226 g/mol. The quantitative estimate of drug-likeness (QED) is 0.793. The van der Waals surface area contributed by atoms with Gasteiger partial charge in [0, 0.05) is 19.3 Å². The number of rotatable bonds is 5. The lowest BCUT2D eigenvalue weighted by molar-refractivity contribution is 0.191. The van der Waals surface area contributed by atoms with Gasteiger partial charge in [-0.05, 0) is 24.6 Å². The van der Waals surface area contributed by atoms with Crippen molar-refractivity contribution in [2.75, 3.05) is 12.8 Å². The van der Waals surface area contributed by atoms with E-state index in [4.69, 9.17) is 5.11 Å². The van der Waals surface area contributed by atoms with Gasteiger partial charge in [-0.1, -0.05) is 12.1 Å². The molecular formula is C11H17NO3S. The molecule has 4 nitrogen and oxygen atoms in total. The third kappa shape index (κ3) is 4.30. The zero-order valence-corrected chi connectivity index (χ0v) is 10.3. The number of aliphatic hydroxyl groups is 1. The van der Waals surface area contributed by atoms with Gasteiger partial charge in [0.1, 0.15) is 0 Å². The van der Waals surface area contributed by atoms with E-state index in [9.17, 15) is 8.42 Å². The summed E-state index contributed by atoms with van der Waals surface area (Å²) in [6.45, 7) is 2.85. The molecule has 1 aromatic rings. The van der Waals surface area contributed by atoms with Gasteiger partial charge in [-0.15, -0.1) is 0 Å². The number of sulfone groups is 1. The van der Waals surface area contributed by atoms with Crippen LogP contribution in [0.2, 0.25) is 0 Å². The maximum atomic E-state index is 11.2. The number of aliphatic hydroxyl groups excluding tert-OH is 1. The predicted octanol–water partition coefficient (Wildman–Crippen LogP) is 0.560. The van der Waals surface area contributed by atoms with E-state index in [1.54, 1.807) is 31.2 Å². The number of benzene rings is 1. The zero-order valence-electron chi connectivity index (χ0n) is 9.47. The van der Waals surface area contributed by atoms with Crippen LogP contribution in [0.15, 0.2) is 29.2 Å². The molecule has 0 fully saturated rings. The van der Waals surface area contributed by atoms with Crippen molar-refractivity contribution in [3.8, 4) is 0 Å². The maximum absolute atomic E-state index is 11.2. The molecule has 0 aromatic heterocycles. The fourth-order valence-corrected chi connectivity index (χ4v) is 1.91. The van der Waals surface area contributed by atoms with E-state index < -0.39 is 9.84 Å². The Bertz CT molecular complexity index is 423. The molecule has 90 valence electrons. The molecule has 0 saturated carbocycles. The van der Waals surface area contributed by atoms with Crippen molar-refractivity contribution in [2.24, 2.45) is 0 Å². The smallest absolute Gasteiger partial charge is 0.175 e. The van der Waals surface area contributed by atoms with Crippen LogP contribution in [0, 0.1) is 0 Å². The second kappa shape index (κ2) is 5.43. The minimum Gasteiger partial charge on any atom is -0.392 e. The van der Waals surface area contributed by atoms with Gasteiger partial charge in [0.25, 0.3) is 0 Å². The molecule has 5 heteroatoms. The van der Waals surface area contributed by atoms with Gasteiger partial charge in [0.05, 0.1) is 11.0 Å². The van der Waals surface area contributed by atoms with Gasteiger partial charge in [0.2, 0.25) is 0 Å². The highest BCUT2D eigenvalue weighted by Gasteiger charge is 2.05. The Kier molecular flexibility index (Phi) is 4.46. The van der Waals surface area contributed by atoms with E-state index in [0.29, 0.717) is 18.0 Å². The summed E-state index contributed by atoms with van der Waals surface area (Å²) in [6.07, 6.45) is 0.809. The molecule has 0 amide bonds. The van der Waals surface area contributed by atoms with Gasteiger partial charge in [-0.3, -0.25) is 0 Å². The van der Waals surface area contributed by atoms with E-state index in [1.807, 2.05) is 0 Å². The van der Waals surface area contributed by atoms with E-state index in [1.165, 1.54) is 6.26 Å². The van der Waals surface area contributed by atoms with Crippen molar-refractivity contribution in [3.05, 3.63) is 29.8 Å². The third-order valence-corrected chi connectivity index (χ3v) is 3.25. The van der Waals surface area contributed by atoms with Crippen molar-refractivity contribution in [1.29, 1.82) is 0 Å². The van der Waals surface area contributed by atoms with Gasteiger partial charge in [-0.25, -0.2) is 8.42 Å². The Balaban J connectivity index is 2.59. The summed E-state index contributed by atoms with van der Waals surface area (Å²) < 4.78 is 22.4. The average molecular weight is 243 g/mol. The Morgan fingerprint density at radius 3 is 2.31 bits per heavy atom. The van der Waals surface area contributed by atoms with Crippen LogP contribution < -0.4 is 5.32 Å². The molecule has 0 spiro atoms. The number of hydrogen-bond donors (Lipinski definition) is 2. The van der Waals surface area contributed by atoms with Crippen LogP contribution in [0.5, 0.6) is 0 Å². The zero-order chi connectivity index (χ0) is 12.2. The summed E-state index contributed by atoms with van der Waals surface area (Å²) in [5.74, 6) is 0. The Morgan fingerprint density at radius 2 is 1.88 bits per heavy atom. The number of hydrogen-bond acceptors (Lipinski definition) is 4. The molecule has 0 aliphatic rings. The number of nitrogens with one attached hydrogen (secondary N) is 1. The maximum Gasteiger partial charge on any atom is 0.175 e. The summed E-state index contributed by atoms with van der Waals surface area (Å²) >= 11 is 0. The first kappa shape index (κ1) is 13.2.